The van der Waals surface area contributed by atoms with Gasteiger partial charge in [-0.1, -0.05) is 32.0 Å². The first-order chi connectivity index (χ1) is 12.0. The Labute approximate surface area is 155 Å². The number of guanidine groups is 1. The van der Waals surface area contributed by atoms with Crippen molar-refractivity contribution in [1.29, 1.82) is 0 Å². The highest BCUT2D eigenvalue weighted by Crippen LogP contribution is 2.22. The van der Waals surface area contributed by atoms with Crippen molar-refractivity contribution in [2.45, 2.75) is 26.7 Å². The summed E-state index contributed by atoms with van der Waals surface area (Å²) in [5.41, 5.74) is 9.33. The normalized spacial score (nSPS) is 16.8. The standard InChI is InChI=1S/C17H28N4O2S2/c1-3-14-6-5-7-15(4-2)16(14)20-17(18)19-8-13-25(22,23)21-9-11-24-12-10-21/h5-7H,3-4,8-13H2,1-2H3,(H3,18,19,20). The summed E-state index contributed by atoms with van der Waals surface area (Å²) in [6.45, 7) is 5.54. The number of thioether (sulfide) groups is 1. The van der Waals surface area contributed by atoms with Crippen molar-refractivity contribution in [2.24, 2.45) is 10.7 Å². The summed E-state index contributed by atoms with van der Waals surface area (Å²) >= 11 is 1.79. The van der Waals surface area contributed by atoms with E-state index < -0.39 is 10.0 Å². The maximum atomic E-state index is 12.3. The highest BCUT2D eigenvalue weighted by Gasteiger charge is 2.23. The summed E-state index contributed by atoms with van der Waals surface area (Å²) in [6, 6.07) is 6.17. The fourth-order valence-corrected chi connectivity index (χ4v) is 5.26. The van der Waals surface area contributed by atoms with Gasteiger partial charge in [-0.25, -0.2) is 12.7 Å². The molecule has 140 valence electrons. The SMILES string of the molecule is CCc1cccc(CC)c1NC(N)=NCCS(=O)(=O)N1CCSCC1. The second kappa shape index (κ2) is 9.45. The van der Waals surface area contributed by atoms with Gasteiger partial charge in [0.25, 0.3) is 0 Å². The Kier molecular flexibility index (Phi) is 7.58. The second-order valence-corrected chi connectivity index (χ2v) is 9.19. The van der Waals surface area contributed by atoms with Crippen LogP contribution in [0.25, 0.3) is 0 Å². The van der Waals surface area contributed by atoms with E-state index in [-0.39, 0.29) is 18.3 Å². The lowest BCUT2D eigenvalue weighted by atomic mass is 10.0. The molecule has 1 aromatic carbocycles. The number of nitrogens with one attached hydrogen (secondary N) is 1. The number of nitrogens with zero attached hydrogens (tertiary/aromatic N) is 2. The molecule has 1 aromatic rings. The Hall–Kier alpha value is -1.25. The Morgan fingerprint density at radius 1 is 1.24 bits per heavy atom. The van der Waals surface area contributed by atoms with Gasteiger partial charge in [0, 0.05) is 30.3 Å². The average molecular weight is 385 g/mol. The van der Waals surface area contributed by atoms with Crippen molar-refractivity contribution in [1.82, 2.24) is 4.31 Å². The van der Waals surface area contributed by atoms with Gasteiger partial charge >= 0.3 is 0 Å². The first kappa shape index (κ1) is 20.1. The van der Waals surface area contributed by atoms with E-state index in [1.54, 1.807) is 16.1 Å². The van der Waals surface area contributed by atoms with Crippen LogP contribution in [0.4, 0.5) is 5.69 Å². The average Bonchev–Trinajstić information content (AvgIpc) is 2.62. The lowest BCUT2D eigenvalue weighted by Crippen LogP contribution is -2.40. The van der Waals surface area contributed by atoms with Crippen molar-refractivity contribution in [3.63, 3.8) is 0 Å². The maximum Gasteiger partial charge on any atom is 0.215 e. The van der Waals surface area contributed by atoms with Gasteiger partial charge in [0.2, 0.25) is 10.0 Å². The third kappa shape index (κ3) is 5.62. The number of benzene rings is 1. The fraction of sp³-hybridized carbons (Fsp3) is 0.588. The van der Waals surface area contributed by atoms with Crippen molar-refractivity contribution >= 4 is 33.4 Å². The van der Waals surface area contributed by atoms with Crippen LogP contribution >= 0.6 is 11.8 Å². The van der Waals surface area contributed by atoms with Gasteiger partial charge in [-0.2, -0.15) is 11.8 Å². The summed E-state index contributed by atoms with van der Waals surface area (Å²) in [6.07, 6.45) is 1.79. The van der Waals surface area contributed by atoms with Gasteiger partial charge < -0.3 is 11.1 Å². The van der Waals surface area contributed by atoms with E-state index in [2.05, 4.69) is 36.3 Å². The van der Waals surface area contributed by atoms with Crippen LogP contribution in [-0.2, 0) is 22.9 Å². The number of aliphatic imine (C=N–C) groups is 1. The topological polar surface area (TPSA) is 87.8 Å². The molecule has 0 spiro atoms. The maximum absolute atomic E-state index is 12.3. The number of anilines is 1. The summed E-state index contributed by atoms with van der Waals surface area (Å²) in [4.78, 5) is 4.22. The van der Waals surface area contributed by atoms with Crippen LogP contribution in [0.5, 0.6) is 0 Å². The lowest BCUT2D eigenvalue weighted by Gasteiger charge is -2.25. The lowest BCUT2D eigenvalue weighted by molar-refractivity contribution is 0.444. The first-order valence-corrected chi connectivity index (χ1v) is 11.5. The van der Waals surface area contributed by atoms with Gasteiger partial charge in [0.1, 0.15) is 0 Å². The molecule has 8 heteroatoms. The van der Waals surface area contributed by atoms with Crippen molar-refractivity contribution in [2.75, 3.05) is 42.2 Å². The Morgan fingerprint density at radius 3 is 2.40 bits per heavy atom. The molecule has 1 saturated heterocycles. The number of hydrogen-bond donors (Lipinski definition) is 2. The Bertz CT molecular complexity index is 676. The molecular weight excluding hydrogens is 356 g/mol. The molecule has 1 heterocycles. The summed E-state index contributed by atoms with van der Waals surface area (Å²) in [5, 5.41) is 3.16. The van der Waals surface area contributed by atoms with Crippen LogP contribution in [0.3, 0.4) is 0 Å². The van der Waals surface area contributed by atoms with Crippen LogP contribution in [0, 0.1) is 0 Å². The molecule has 1 aliphatic heterocycles. The number of sulfonamides is 1. The zero-order valence-corrected chi connectivity index (χ0v) is 16.6. The zero-order valence-electron chi connectivity index (χ0n) is 15.0. The van der Waals surface area contributed by atoms with Crippen LogP contribution in [0.15, 0.2) is 23.2 Å². The Balaban J connectivity index is 1.98. The molecule has 0 unspecified atom stereocenters. The number of hydrogen-bond acceptors (Lipinski definition) is 4. The third-order valence-corrected chi connectivity index (χ3v) is 7.04. The number of aryl methyl sites for hydroxylation is 2. The molecule has 0 saturated carbocycles. The van der Waals surface area contributed by atoms with E-state index >= 15 is 0 Å². The number of para-hydroxylation sites is 1. The van der Waals surface area contributed by atoms with Crippen molar-refractivity contribution in [3.8, 4) is 0 Å². The molecule has 6 nitrogen and oxygen atoms in total. The minimum Gasteiger partial charge on any atom is -0.370 e. The van der Waals surface area contributed by atoms with Gasteiger partial charge in [-0.15, -0.1) is 0 Å². The molecule has 0 radical (unpaired) electrons. The molecule has 25 heavy (non-hydrogen) atoms. The summed E-state index contributed by atoms with van der Waals surface area (Å²) in [5.74, 6) is 1.98. The molecule has 0 aromatic heterocycles. The third-order valence-electron chi connectivity index (χ3n) is 4.25. The minimum atomic E-state index is -3.25. The zero-order chi connectivity index (χ0) is 18.3. The van der Waals surface area contributed by atoms with Crippen LogP contribution in [0.2, 0.25) is 0 Å². The van der Waals surface area contributed by atoms with Gasteiger partial charge in [0.15, 0.2) is 5.96 Å². The van der Waals surface area contributed by atoms with E-state index in [0.29, 0.717) is 13.1 Å². The molecule has 0 amide bonds. The van der Waals surface area contributed by atoms with Gasteiger partial charge in [-0.3, -0.25) is 4.99 Å². The van der Waals surface area contributed by atoms with E-state index in [4.69, 9.17) is 5.73 Å². The van der Waals surface area contributed by atoms with Gasteiger partial charge in [-0.05, 0) is 24.0 Å². The largest absolute Gasteiger partial charge is 0.370 e. The predicted octanol–water partition coefficient (Wildman–Crippen LogP) is 1.92. The molecule has 0 aliphatic carbocycles. The Morgan fingerprint density at radius 2 is 1.84 bits per heavy atom. The molecule has 1 fully saturated rings. The molecule has 0 bridgehead atoms. The molecule has 1 aliphatic rings. The second-order valence-electron chi connectivity index (χ2n) is 5.88. The van der Waals surface area contributed by atoms with Crippen molar-refractivity contribution < 1.29 is 8.42 Å². The predicted molar refractivity (Wildman–Crippen MR) is 108 cm³/mol. The van der Waals surface area contributed by atoms with E-state index in [1.165, 1.54) is 11.1 Å². The smallest absolute Gasteiger partial charge is 0.215 e. The first-order valence-electron chi connectivity index (χ1n) is 8.71. The summed E-state index contributed by atoms with van der Waals surface area (Å²) in [7, 11) is -3.25. The molecule has 2 rings (SSSR count). The fourth-order valence-electron chi connectivity index (χ4n) is 2.81. The summed E-state index contributed by atoms with van der Waals surface area (Å²) < 4.78 is 26.2. The van der Waals surface area contributed by atoms with Crippen LogP contribution in [0.1, 0.15) is 25.0 Å². The number of nitrogens with two attached hydrogens (primary N) is 1. The van der Waals surface area contributed by atoms with Crippen molar-refractivity contribution in [3.05, 3.63) is 29.3 Å². The van der Waals surface area contributed by atoms with E-state index in [1.807, 2.05) is 6.07 Å². The van der Waals surface area contributed by atoms with Crippen LogP contribution < -0.4 is 11.1 Å². The quantitative estimate of drug-likeness (QED) is 0.554. The van der Waals surface area contributed by atoms with E-state index in [9.17, 15) is 8.42 Å². The van der Waals surface area contributed by atoms with Crippen LogP contribution in [-0.4, -0.2) is 55.6 Å². The molecular formula is C17H28N4O2S2. The number of rotatable bonds is 7. The highest BCUT2D eigenvalue weighted by molar-refractivity contribution is 7.99. The van der Waals surface area contributed by atoms with E-state index in [0.717, 1.165) is 30.0 Å². The van der Waals surface area contributed by atoms with Gasteiger partial charge in [0.05, 0.1) is 12.3 Å². The monoisotopic (exact) mass is 384 g/mol. The molecule has 0 atom stereocenters. The molecule has 3 N–H and O–H groups in total. The minimum absolute atomic E-state index is 0.00386. The highest BCUT2D eigenvalue weighted by atomic mass is 32.2.